The fourth-order valence-corrected chi connectivity index (χ4v) is 6.95. The lowest BCUT2D eigenvalue weighted by Crippen LogP contribution is -2.01. The molecular weight excluding hydrogens is 662 g/mol. The topological polar surface area (TPSA) is 0 Å². The van der Waals surface area contributed by atoms with Crippen LogP contribution in [0.4, 0.5) is 0 Å². The Morgan fingerprint density at radius 3 is 1.19 bits per heavy atom. The molecule has 0 aliphatic heterocycles. The highest BCUT2D eigenvalue weighted by Gasteiger charge is 2.20. The molecule has 0 saturated carbocycles. The molecule has 174 valence electrons. The molecule has 0 spiro atoms. The summed E-state index contributed by atoms with van der Waals surface area (Å²) in [5.74, 6) is 0. The Morgan fingerprint density at radius 2 is 0.778 bits per heavy atom. The second-order valence-electron chi connectivity index (χ2n) is 9.22. The van der Waals surface area contributed by atoms with Gasteiger partial charge < -0.3 is 0 Å². The molecule has 0 heterocycles. The number of benzene rings is 6. The molecule has 0 atom stereocenters. The second-order valence-corrected chi connectivity index (χ2v) is 11.4. The zero-order valence-corrected chi connectivity index (χ0v) is 24.0. The van der Waals surface area contributed by atoms with Crippen LogP contribution in [0.5, 0.6) is 0 Å². The number of hydrogen-bond acceptors (Lipinski definition) is 0. The van der Waals surface area contributed by atoms with Gasteiger partial charge in [-0.1, -0.05) is 109 Å². The third-order valence-electron chi connectivity index (χ3n) is 6.85. The summed E-state index contributed by atoms with van der Waals surface area (Å²) >= 11 is 5.20. The number of hydrogen-bond donors (Lipinski definition) is 0. The molecular formula is C34H24I2. The van der Waals surface area contributed by atoms with Crippen molar-refractivity contribution >= 4 is 66.7 Å². The monoisotopic (exact) mass is 686 g/mol. The van der Waals surface area contributed by atoms with Gasteiger partial charge in [0.2, 0.25) is 0 Å². The average molecular weight is 686 g/mol. The van der Waals surface area contributed by atoms with Gasteiger partial charge in [-0.25, -0.2) is 0 Å². The Kier molecular flexibility index (Phi) is 6.81. The minimum atomic E-state index is 0.926. The van der Waals surface area contributed by atoms with Gasteiger partial charge in [0.05, 0.1) is 0 Å². The van der Waals surface area contributed by atoms with Crippen molar-refractivity contribution in [3.63, 3.8) is 0 Å². The molecule has 0 amide bonds. The number of rotatable bonds is 5. The Labute approximate surface area is 239 Å². The fraction of sp³-hybridized carbons (Fsp3) is 0.0588. The molecule has 2 heteroatoms. The Hall–Kier alpha value is -2.70. The highest BCUT2D eigenvalue weighted by atomic mass is 127. The minimum absolute atomic E-state index is 0.926. The summed E-state index contributed by atoms with van der Waals surface area (Å²) in [7, 11) is 0. The van der Waals surface area contributed by atoms with Gasteiger partial charge in [0.15, 0.2) is 0 Å². The van der Waals surface area contributed by atoms with Gasteiger partial charge in [-0.05, 0) is 114 Å². The van der Waals surface area contributed by atoms with Crippen LogP contribution in [0.3, 0.4) is 0 Å². The predicted octanol–water partition coefficient (Wildman–Crippen LogP) is 10.1. The molecule has 0 aliphatic rings. The summed E-state index contributed by atoms with van der Waals surface area (Å²) in [6.45, 7) is 0. The van der Waals surface area contributed by atoms with E-state index in [0.29, 0.717) is 0 Å². The van der Waals surface area contributed by atoms with Crippen molar-refractivity contribution in [1.82, 2.24) is 0 Å². The Balaban J connectivity index is 1.64. The van der Waals surface area contributed by atoms with Gasteiger partial charge in [-0.2, -0.15) is 0 Å². The van der Waals surface area contributed by atoms with E-state index in [1.807, 2.05) is 0 Å². The van der Waals surface area contributed by atoms with Crippen LogP contribution in [0, 0.1) is 7.14 Å². The summed E-state index contributed by atoms with van der Waals surface area (Å²) in [5.41, 5.74) is 8.15. The van der Waals surface area contributed by atoms with Crippen LogP contribution < -0.4 is 0 Å². The fourth-order valence-electron chi connectivity index (χ4n) is 5.14. The maximum atomic E-state index is 2.60. The normalized spacial score (nSPS) is 11.3. The maximum Gasteiger partial charge on any atom is 0.0251 e. The molecule has 0 nitrogen and oxygen atoms in total. The SMILES string of the molecule is Ic1c(Cc2ccccc2)cc2ccccc2c1-c1c(I)c(Cc2ccccc2)cc2ccccc12. The van der Waals surface area contributed by atoms with Gasteiger partial charge in [0, 0.05) is 18.3 Å². The van der Waals surface area contributed by atoms with Gasteiger partial charge in [0.1, 0.15) is 0 Å². The lowest BCUT2D eigenvalue weighted by Gasteiger charge is -2.20. The molecule has 0 saturated heterocycles. The smallest absolute Gasteiger partial charge is 0.0251 e. The van der Waals surface area contributed by atoms with Crippen molar-refractivity contribution in [2.45, 2.75) is 12.8 Å². The van der Waals surface area contributed by atoms with E-state index in [1.165, 1.54) is 62.1 Å². The molecule has 6 aromatic rings. The van der Waals surface area contributed by atoms with Crippen LogP contribution in [-0.2, 0) is 12.8 Å². The van der Waals surface area contributed by atoms with E-state index in [0.717, 1.165) is 12.8 Å². The first-order valence-corrected chi connectivity index (χ1v) is 14.3. The van der Waals surface area contributed by atoms with E-state index >= 15 is 0 Å². The van der Waals surface area contributed by atoms with Crippen molar-refractivity contribution in [2.24, 2.45) is 0 Å². The molecule has 6 rings (SSSR count). The molecule has 0 fully saturated rings. The first-order valence-electron chi connectivity index (χ1n) is 12.2. The van der Waals surface area contributed by atoms with E-state index in [2.05, 4.69) is 167 Å². The molecule has 0 N–H and O–H groups in total. The lowest BCUT2D eigenvalue weighted by atomic mass is 9.88. The molecule has 6 aromatic carbocycles. The van der Waals surface area contributed by atoms with Crippen molar-refractivity contribution in [1.29, 1.82) is 0 Å². The Bertz CT molecular complexity index is 1560. The summed E-state index contributed by atoms with van der Waals surface area (Å²) < 4.78 is 2.69. The predicted molar refractivity (Wildman–Crippen MR) is 171 cm³/mol. The Morgan fingerprint density at radius 1 is 0.417 bits per heavy atom. The molecule has 0 unspecified atom stereocenters. The molecule has 0 aliphatic carbocycles. The van der Waals surface area contributed by atoms with Crippen molar-refractivity contribution in [3.05, 3.63) is 151 Å². The second kappa shape index (κ2) is 10.3. The van der Waals surface area contributed by atoms with Crippen LogP contribution in [0.15, 0.2) is 121 Å². The maximum absolute atomic E-state index is 2.60. The zero-order chi connectivity index (χ0) is 24.5. The summed E-state index contributed by atoms with van der Waals surface area (Å²) in [6.07, 6.45) is 1.85. The van der Waals surface area contributed by atoms with E-state index in [4.69, 9.17) is 0 Å². The van der Waals surface area contributed by atoms with Crippen LogP contribution in [0.1, 0.15) is 22.3 Å². The molecule has 0 radical (unpaired) electrons. The lowest BCUT2D eigenvalue weighted by molar-refractivity contribution is 1.18. The van der Waals surface area contributed by atoms with Gasteiger partial charge >= 0.3 is 0 Å². The van der Waals surface area contributed by atoms with E-state index < -0.39 is 0 Å². The molecule has 0 bridgehead atoms. The zero-order valence-electron chi connectivity index (χ0n) is 19.7. The van der Waals surface area contributed by atoms with E-state index in [9.17, 15) is 0 Å². The van der Waals surface area contributed by atoms with Crippen molar-refractivity contribution < 1.29 is 0 Å². The first-order chi connectivity index (χ1) is 17.7. The van der Waals surface area contributed by atoms with Crippen molar-refractivity contribution in [2.75, 3.05) is 0 Å². The standard InChI is InChI=1S/C34H24I2/c35-33-27(19-23-11-3-1-4-12-23)21-25-15-7-9-17-29(25)31(33)32-30-18-10-8-16-26(30)22-28(34(32)36)20-24-13-5-2-6-14-24/h1-18,21-22H,19-20H2. The van der Waals surface area contributed by atoms with Crippen LogP contribution in [0.2, 0.25) is 0 Å². The molecule has 0 aromatic heterocycles. The summed E-state index contributed by atoms with van der Waals surface area (Å²) in [4.78, 5) is 0. The van der Waals surface area contributed by atoms with Gasteiger partial charge in [-0.3, -0.25) is 0 Å². The quantitative estimate of drug-likeness (QED) is 0.159. The minimum Gasteiger partial charge on any atom is -0.0622 e. The summed E-state index contributed by atoms with van der Waals surface area (Å²) in [5, 5.41) is 5.23. The average Bonchev–Trinajstić information content (AvgIpc) is 2.92. The van der Waals surface area contributed by atoms with Gasteiger partial charge in [-0.15, -0.1) is 0 Å². The first kappa shape index (κ1) is 23.7. The highest BCUT2D eigenvalue weighted by Crippen LogP contribution is 2.43. The number of halogens is 2. The van der Waals surface area contributed by atoms with E-state index in [-0.39, 0.29) is 0 Å². The third kappa shape index (κ3) is 4.57. The largest absolute Gasteiger partial charge is 0.0622 e. The van der Waals surface area contributed by atoms with Crippen LogP contribution in [0.25, 0.3) is 32.7 Å². The van der Waals surface area contributed by atoms with Crippen molar-refractivity contribution in [3.8, 4) is 11.1 Å². The van der Waals surface area contributed by atoms with Crippen LogP contribution in [-0.4, -0.2) is 0 Å². The third-order valence-corrected chi connectivity index (χ3v) is 9.31. The van der Waals surface area contributed by atoms with E-state index in [1.54, 1.807) is 0 Å². The van der Waals surface area contributed by atoms with Gasteiger partial charge in [0.25, 0.3) is 0 Å². The summed E-state index contributed by atoms with van der Waals surface area (Å²) in [6, 6.07) is 44.1. The molecule has 36 heavy (non-hydrogen) atoms. The van der Waals surface area contributed by atoms with Crippen LogP contribution >= 0.6 is 45.2 Å². The number of fused-ring (bicyclic) bond motifs is 2. The highest BCUT2D eigenvalue weighted by molar-refractivity contribution is 14.1.